The number of hydrogen-bond acceptors (Lipinski definition) is 3. The number of thioether (sulfide) groups is 1. The van der Waals surface area contributed by atoms with Crippen molar-refractivity contribution in [2.24, 2.45) is 0 Å². The van der Waals surface area contributed by atoms with Crippen LogP contribution in [0.5, 0.6) is 11.5 Å². The van der Waals surface area contributed by atoms with Crippen molar-refractivity contribution in [1.82, 2.24) is 0 Å². The molecule has 2 aromatic carbocycles. The number of methoxy groups -OCH3 is 2. The predicted molar refractivity (Wildman–Crippen MR) is 95.9 cm³/mol. The highest BCUT2D eigenvalue weighted by molar-refractivity contribution is 7.98. The molecule has 2 aromatic rings. The van der Waals surface area contributed by atoms with Crippen LogP contribution in [0.2, 0.25) is 0 Å². The first-order valence-corrected chi connectivity index (χ1v) is 8.51. The van der Waals surface area contributed by atoms with Gasteiger partial charge in [0.15, 0.2) is 0 Å². The number of rotatable bonds is 6. The third-order valence-electron chi connectivity index (χ3n) is 3.59. The summed E-state index contributed by atoms with van der Waals surface area (Å²) < 4.78 is 10.6. The van der Waals surface area contributed by atoms with Gasteiger partial charge in [-0.15, -0.1) is 11.8 Å². The van der Waals surface area contributed by atoms with Gasteiger partial charge < -0.3 is 9.47 Å². The Balaban J connectivity index is 2.43. The Kier molecular flexibility index (Phi) is 5.96. The predicted octanol–water partition coefficient (Wildman–Crippen LogP) is 5.38. The average molecular weight is 314 g/mol. The summed E-state index contributed by atoms with van der Waals surface area (Å²) in [6.45, 7) is 2.18. The van der Waals surface area contributed by atoms with E-state index in [1.54, 1.807) is 26.0 Å². The number of allylic oxidation sites excluding steroid dienone is 1. The van der Waals surface area contributed by atoms with Gasteiger partial charge in [0, 0.05) is 4.90 Å². The molecule has 0 aliphatic heterocycles. The fourth-order valence-corrected chi connectivity index (χ4v) is 2.95. The summed E-state index contributed by atoms with van der Waals surface area (Å²) in [4.78, 5) is 1.27. The zero-order valence-electron chi connectivity index (χ0n) is 13.6. The number of benzene rings is 2. The maximum Gasteiger partial charge on any atom is 0.119 e. The lowest BCUT2D eigenvalue weighted by Crippen LogP contribution is -1.91. The Hall–Kier alpha value is -1.87. The molecule has 2 rings (SSSR count). The van der Waals surface area contributed by atoms with E-state index < -0.39 is 0 Å². The molecule has 0 saturated carbocycles. The molecule has 0 bridgehead atoms. The molecule has 116 valence electrons. The summed E-state index contributed by atoms with van der Waals surface area (Å²) in [6, 6.07) is 14.4. The van der Waals surface area contributed by atoms with Crippen molar-refractivity contribution in [2.45, 2.75) is 18.2 Å². The summed E-state index contributed by atoms with van der Waals surface area (Å²) in [5.41, 5.74) is 3.71. The van der Waals surface area contributed by atoms with Crippen LogP contribution in [0.3, 0.4) is 0 Å². The van der Waals surface area contributed by atoms with Crippen LogP contribution in [-0.4, -0.2) is 20.5 Å². The summed E-state index contributed by atoms with van der Waals surface area (Å²) >= 11 is 1.76. The standard InChI is InChI=1S/C19H22O2S/c1-5-15(12-14-6-8-16(20-2)9-7-14)18-13-17(21-3)10-11-19(18)22-4/h6-13H,5H2,1-4H3/b15-12+. The SMILES string of the molecule is CC/C(=C\c1ccc(OC)cc1)c1cc(OC)ccc1SC. The van der Waals surface area contributed by atoms with Crippen molar-refractivity contribution in [2.75, 3.05) is 20.5 Å². The fourth-order valence-electron chi connectivity index (χ4n) is 2.34. The molecule has 0 unspecified atom stereocenters. The van der Waals surface area contributed by atoms with E-state index in [1.165, 1.54) is 21.6 Å². The Morgan fingerprint density at radius 3 is 2.18 bits per heavy atom. The Morgan fingerprint density at radius 2 is 1.64 bits per heavy atom. The van der Waals surface area contributed by atoms with Crippen LogP contribution < -0.4 is 9.47 Å². The van der Waals surface area contributed by atoms with Gasteiger partial charge in [0.2, 0.25) is 0 Å². The Morgan fingerprint density at radius 1 is 1.00 bits per heavy atom. The molecule has 0 aliphatic carbocycles. The third-order valence-corrected chi connectivity index (χ3v) is 4.39. The maximum absolute atomic E-state index is 5.38. The number of ether oxygens (including phenoxy) is 2. The van der Waals surface area contributed by atoms with Gasteiger partial charge in [0.1, 0.15) is 11.5 Å². The molecule has 0 heterocycles. The molecule has 0 spiro atoms. The highest BCUT2D eigenvalue weighted by atomic mass is 32.2. The molecular weight excluding hydrogens is 292 g/mol. The van der Waals surface area contributed by atoms with Crippen LogP contribution in [0.4, 0.5) is 0 Å². The minimum Gasteiger partial charge on any atom is -0.497 e. The summed E-state index contributed by atoms with van der Waals surface area (Å²) in [5, 5.41) is 0. The first-order chi connectivity index (χ1) is 10.7. The van der Waals surface area contributed by atoms with E-state index in [4.69, 9.17) is 9.47 Å². The minimum atomic E-state index is 0.876. The normalized spacial score (nSPS) is 11.4. The molecule has 22 heavy (non-hydrogen) atoms. The highest BCUT2D eigenvalue weighted by Gasteiger charge is 2.08. The van der Waals surface area contributed by atoms with Crippen molar-refractivity contribution in [3.05, 3.63) is 53.6 Å². The van der Waals surface area contributed by atoms with Crippen molar-refractivity contribution in [3.63, 3.8) is 0 Å². The molecule has 0 radical (unpaired) electrons. The van der Waals surface area contributed by atoms with E-state index >= 15 is 0 Å². The van der Waals surface area contributed by atoms with Crippen LogP contribution >= 0.6 is 11.8 Å². The van der Waals surface area contributed by atoms with Gasteiger partial charge in [-0.3, -0.25) is 0 Å². The third kappa shape index (κ3) is 3.86. The zero-order valence-corrected chi connectivity index (χ0v) is 14.4. The highest BCUT2D eigenvalue weighted by Crippen LogP contribution is 2.33. The minimum absolute atomic E-state index is 0.876. The summed E-state index contributed by atoms with van der Waals surface area (Å²) in [6.07, 6.45) is 5.30. The molecule has 0 amide bonds. The van der Waals surface area contributed by atoms with Gasteiger partial charge in [0.05, 0.1) is 14.2 Å². The molecule has 0 N–H and O–H groups in total. The van der Waals surface area contributed by atoms with Crippen LogP contribution in [0.1, 0.15) is 24.5 Å². The number of hydrogen-bond donors (Lipinski definition) is 0. The van der Waals surface area contributed by atoms with E-state index in [-0.39, 0.29) is 0 Å². The lowest BCUT2D eigenvalue weighted by atomic mass is 10.00. The van der Waals surface area contributed by atoms with Crippen molar-refractivity contribution in [3.8, 4) is 11.5 Å². The van der Waals surface area contributed by atoms with Gasteiger partial charge in [-0.25, -0.2) is 0 Å². The second kappa shape index (κ2) is 7.95. The largest absolute Gasteiger partial charge is 0.497 e. The second-order valence-electron chi connectivity index (χ2n) is 4.86. The van der Waals surface area contributed by atoms with E-state index in [0.29, 0.717) is 0 Å². The van der Waals surface area contributed by atoms with Gasteiger partial charge in [-0.2, -0.15) is 0 Å². The fraction of sp³-hybridized carbons (Fsp3) is 0.263. The monoisotopic (exact) mass is 314 g/mol. The van der Waals surface area contributed by atoms with E-state index in [0.717, 1.165) is 17.9 Å². The molecule has 0 fully saturated rings. The molecule has 0 saturated heterocycles. The lowest BCUT2D eigenvalue weighted by molar-refractivity contribution is 0.414. The second-order valence-corrected chi connectivity index (χ2v) is 5.71. The van der Waals surface area contributed by atoms with Crippen molar-refractivity contribution >= 4 is 23.4 Å². The molecule has 0 atom stereocenters. The average Bonchev–Trinajstić information content (AvgIpc) is 2.59. The first kappa shape index (κ1) is 16.5. The van der Waals surface area contributed by atoms with Gasteiger partial charge in [0.25, 0.3) is 0 Å². The van der Waals surface area contributed by atoms with Gasteiger partial charge in [-0.05, 0) is 59.7 Å². The molecule has 0 aromatic heterocycles. The topological polar surface area (TPSA) is 18.5 Å². The van der Waals surface area contributed by atoms with Gasteiger partial charge in [-0.1, -0.05) is 25.1 Å². The molecular formula is C19H22O2S. The lowest BCUT2D eigenvalue weighted by Gasteiger charge is -2.12. The van der Waals surface area contributed by atoms with Crippen molar-refractivity contribution < 1.29 is 9.47 Å². The van der Waals surface area contributed by atoms with E-state index in [1.807, 2.05) is 18.2 Å². The van der Waals surface area contributed by atoms with E-state index in [2.05, 4.69) is 43.5 Å². The van der Waals surface area contributed by atoms with Crippen molar-refractivity contribution in [1.29, 1.82) is 0 Å². The van der Waals surface area contributed by atoms with E-state index in [9.17, 15) is 0 Å². The maximum atomic E-state index is 5.38. The smallest absolute Gasteiger partial charge is 0.119 e. The molecule has 3 heteroatoms. The molecule has 0 aliphatic rings. The van der Waals surface area contributed by atoms with Crippen LogP contribution in [0.15, 0.2) is 47.4 Å². The van der Waals surface area contributed by atoms with Crippen LogP contribution in [0.25, 0.3) is 11.6 Å². The Labute approximate surface area is 137 Å². The quantitative estimate of drug-likeness (QED) is 0.527. The van der Waals surface area contributed by atoms with Gasteiger partial charge >= 0.3 is 0 Å². The zero-order chi connectivity index (χ0) is 15.9. The molecule has 2 nitrogen and oxygen atoms in total. The Bertz CT molecular complexity index is 645. The summed E-state index contributed by atoms with van der Waals surface area (Å²) in [5.74, 6) is 1.77. The van der Waals surface area contributed by atoms with Crippen LogP contribution in [-0.2, 0) is 0 Å². The summed E-state index contributed by atoms with van der Waals surface area (Å²) in [7, 11) is 3.39. The van der Waals surface area contributed by atoms with Crippen LogP contribution in [0, 0.1) is 0 Å². The first-order valence-electron chi connectivity index (χ1n) is 7.28.